The van der Waals surface area contributed by atoms with Gasteiger partial charge in [-0.25, -0.2) is 0 Å². The molecule has 0 radical (unpaired) electrons. The Balaban J connectivity index is 1.57. The second kappa shape index (κ2) is 9.09. The molecule has 0 bridgehead atoms. The fourth-order valence-electron chi connectivity index (χ4n) is 2.78. The monoisotopic (exact) mass is 419 g/mol. The molecule has 0 atom stereocenters. The van der Waals surface area contributed by atoms with E-state index in [1.54, 1.807) is 12.1 Å². The number of halogens is 2. The van der Waals surface area contributed by atoms with Crippen molar-refractivity contribution in [2.24, 2.45) is 0 Å². The van der Waals surface area contributed by atoms with Crippen molar-refractivity contribution in [3.63, 3.8) is 0 Å². The molecule has 3 aromatic rings. The number of amides is 1. The van der Waals surface area contributed by atoms with Crippen molar-refractivity contribution in [2.45, 2.75) is 30.9 Å². The number of para-hydroxylation sites is 1. The summed E-state index contributed by atoms with van der Waals surface area (Å²) in [5, 5.41) is 3.31. The maximum absolute atomic E-state index is 12.6. The lowest BCUT2D eigenvalue weighted by atomic mass is 10.0. The lowest BCUT2D eigenvalue weighted by Crippen LogP contribution is -2.22. The molecule has 0 unspecified atom stereocenters. The summed E-state index contributed by atoms with van der Waals surface area (Å²) in [5.74, 6) is -3.80. The summed E-state index contributed by atoms with van der Waals surface area (Å²) in [6.07, 6.45) is 1.46. The number of nitrogens with one attached hydrogen (secondary N) is 1. The van der Waals surface area contributed by atoms with Crippen molar-refractivity contribution in [1.82, 2.24) is 0 Å². The molecule has 0 spiro atoms. The van der Waals surface area contributed by atoms with E-state index in [1.807, 2.05) is 26.0 Å². The molecule has 0 saturated carbocycles. The smallest absolute Gasteiger partial charge is 0.310 e. The van der Waals surface area contributed by atoms with Crippen LogP contribution in [0.4, 0.5) is 14.5 Å². The summed E-state index contributed by atoms with van der Waals surface area (Å²) in [7, 11) is 0. The van der Waals surface area contributed by atoms with Crippen molar-refractivity contribution in [3.05, 3.63) is 59.4 Å². The van der Waals surface area contributed by atoms with Crippen LogP contribution in [0.15, 0.2) is 52.0 Å². The first-order valence-corrected chi connectivity index (χ1v) is 9.68. The van der Waals surface area contributed by atoms with E-state index in [0.29, 0.717) is 22.9 Å². The molecular weight excluding hydrogens is 400 g/mol. The first kappa shape index (κ1) is 20.9. The Labute approximate surface area is 170 Å². The van der Waals surface area contributed by atoms with Crippen molar-refractivity contribution >= 4 is 40.3 Å². The van der Waals surface area contributed by atoms with Gasteiger partial charge in [0.15, 0.2) is 6.61 Å². The van der Waals surface area contributed by atoms with Crippen LogP contribution in [0.5, 0.6) is 0 Å². The van der Waals surface area contributed by atoms with Crippen LogP contribution in [0, 0.1) is 13.8 Å². The van der Waals surface area contributed by atoms with Gasteiger partial charge in [-0.3, -0.25) is 9.59 Å². The molecule has 0 aliphatic carbocycles. The number of anilines is 1. The van der Waals surface area contributed by atoms with Crippen LogP contribution in [0.1, 0.15) is 16.7 Å². The minimum atomic E-state index is -2.61. The first-order chi connectivity index (χ1) is 13.8. The van der Waals surface area contributed by atoms with E-state index in [4.69, 9.17) is 9.15 Å². The summed E-state index contributed by atoms with van der Waals surface area (Å²) in [6, 6.07) is 10.0. The molecule has 5 nitrogen and oxygen atoms in total. The zero-order valence-corrected chi connectivity index (χ0v) is 16.6. The number of ether oxygens (including phenoxy) is 1. The number of thioether (sulfide) groups is 1. The predicted octanol–water partition coefficient (Wildman–Crippen LogP) is 5.09. The summed E-state index contributed by atoms with van der Waals surface area (Å²) >= 11 is 0.331. The topological polar surface area (TPSA) is 68.5 Å². The zero-order chi connectivity index (χ0) is 21.0. The van der Waals surface area contributed by atoms with Gasteiger partial charge in [-0.2, -0.15) is 8.78 Å². The van der Waals surface area contributed by atoms with Gasteiger partial charge in [0.05, 0.1) is 18.4 Å². The number of aryl methyl sites for hydroxylation is 2. The van der Waals surface area contributed by atoms with E-state index >= 15 is 0 Å². The highest BCUT2D eigenvalue weighted by molar-refractivity contribution is 7.99. The van der Waals surface area contributed by atoms with E-state index in [-0.39, 0.29) is 17.0 Å². The van der Waals surface area contributed by atoms with Crippen LogP contribution in [-0.4, -0.2) is 24.2 Å². The largest absolute Gasteiger partial charge is 0.464 e. The number of carbonyl (C=O) groups excluding carboxylic acids is 2. The van der Waals surface area contributed by atoms with Gasteiger partial charge in [-0.1, -0.05) is 23.9 Å². The molecule has 1 N–H and O–H groups in total. The van der Waals surface area contributed by atoms with Crippen LogP contribution in [-0.2, 0) is 20.7 Å². The standard InChI is InChI=1S/C21H19F2NO4S/c1-12-7-15-14(10-27-17(15)8-13(12)2)9-20(26)28-11-19(25)24-16-5-3-4-6-18(16)29-21(22)23/h3-8,10,21H,9,11H2,1-2H3,(H,24,25). The van der Waals surface area contributed by atoms with Gasteiger partial charge in [0.2, 0.25) is 0 Å². The minimum absolute atomic E-state index is 0.0411. The Morgan fingerprint density at radius 1 is 1.17 bits per heavy atom. The SMILES string of the molecule is Cc1cc2occ(CC(=O)OCC(=O)Nc3ccccc3SC(F)F)c2cc1C. The maximum Gasteiger partial charge on any atom is 0.310 e. The quantitative estimate of drug-likeness (QED) is 0.427. The van der Waals surface area contributed by atoms with Crippen LogP contribution in [0.3, 0.4) is 0 Å². The lowest BCUT2D eigenvalue weighted by Gasteiger charge is -2.10. The van der Waals surface area contributed by atoms with Crippen molar-refractivity contribution in [2.75, 3.05) is 11.9 Å². The molecular formula is C21H19F2NO4S. The van der Waals surface area contributed by atoms with Crippen LogP contribution in [0.2, 0.25) is 0 Å². The van der Waals surface area contributed by atoms with E-state index in [0.717, 1.165) is 16.5 Å². The number of hydrogen-bond donors (Lipinski definition) is 1. The number of benzene rings is 2. The number of alkyl halides is 2. The Kier molecular flexibility index (Phi) is 6.53. The molecule has 1 aromatic heterocycles. The Morgan fingerprint density at radius 2 is 1.90 bits per heavy atom. The third kappa shape index (κ3) is 5.35. The third-order valence-electron chi connectivity index (χ3n) is 4.35. The third-order valence-corrected chi connectivity index (χ3v) is 5.13. The van der Waals surface area contributed by atoms with Crippen LogP contribution < -0.4 is 5.32 Å². The number of rotatable bonds is 7. The molecule has 1 heterocycles. The van der Waals surface area contributed by atoms with Gasteiger partial charge in [-0.15, -0.1) is 0 Å². The molecule has 29 heavy (non-hydrogen) atoms. The molecule has 0 fully saturated rings. The molecule has 0 aliphatic heterocycles. The number of furan rings is 1. The molecule has 3 rings (SSSR count). The second-order valence-electron chi connectivity index (χ2n) is 6.45. The highest BCUT2D eigenvalue weighted by atomic mass is 32.2. The first-order valence-electron chi connectivity index (χ1n) is 8.80. The van der Waals surface area contributed by atoms with E-state index in [2.05, 4.69) is 5.32 Å². The van der Waals surface area contributed by atoms with Gasteiger partial charge in [0, 0.05) is 15.8 Å². The van der Waals surface area contributed by atoms with Gasteiger partial charge in [0.1, 0.15) is 5.58 Å². The van der Waals surface area contributed by atoms with E-state index < -0.39 is 24.2 Å². The van der Waals surface area contributed by atoms with Gasteiger partial charge >= 0.3 is 5.97 Å². The Hall–Kier alpha value is -2.87. The normalized spacial score (nSPS) is 11.1. The predicted molar refractivity (Wildman–Crippen MR) is 107 cm³/mol. The highest BCUT2D eigenvalue weighted by Gasteiger charge is 2.15. The average Bonchev–Trinajstić information content (AvgIpc) is 3.03. The van der Waals surface area contributed by atoms with Gasteiger partial charge < -0.3 is 14.5 Å². The van der Waals surface area contributed by atoms with Gasteiger partial charge in [0.25, 0.3) is 11.7 Å². The second-order valence-corrected chi connectivity index (χ2v) is 7.49. The van der Waals surface area contributed by atoms with Gasteiger partial charge in [-0.05, 0) is 49.2 Å². The summed E-state index contributed by atoms with van der Waals surface area (Å²) < 4.78 is 35.7. The highest BCUT2D eigenvalue weighted by Crippen LogP contribution is 2.31. The van der Waals surface area contributed by atoms with Crippen molar-refractivity contribution < 1.29 is 27.5 Å². The zero-order valence-electron chi connectivity index (χ0n) is 15.8. The minimum Gasteiger partial charge on any atom is -0.464 e. The lowest BCUT2D eigenvalue weighted by molar-refractivity contribution is -0.146. The van der Waals surface area contributed by atoms with Crippen molar-refractivity contribution in [1.29, 1.82) is 0 Å². The molecule has 2 aromatic carbocycles. The molecule has 8 heteroatoms. The summed E-state index contributed by atoms with van der Waals surface area (Å²) in [4.78, 5) is 24.4. The summed E-state index contributed by atoms with van der Waals surface area (Å²) in [6.45, 7) is 3.43. The van der Waals surface area contributed by atoms with Crippen LogP contribution in [0.25, 0.3) is 11.0 Å². The fourth-order valence-corrected chi connectivity index (χ4v) is 3.38. The average molecular weight is 419 g/mol. The molecule has 0 saturated heterocycles. The Morgan fingerprint density at radius 3 is 2.66 bits per heavy atom. The number of esters is 1. The molecule has 0 aliphatic rings. The number of fused-ring (bicyclic) bond motifs is 1. The molecule has 1 amide bonds. The summed E-state index contributed by atoms with van der Waals surface area (Å²) in [5.41, 5.74) is 3.76. The maximum atomic E-state index is 12.6. The Bertz CT molecular complexity index is 1050. The molecule has 152 valence electrons. The number of hydrogen-bond acceptors (Lipinski definition) is 5. The van der Waals surface area contributed by atoms with E-state index in [9.17, 15) is 18.4 Å². The van der Waals surface area contributed by atoms with Crippen molar-refractivity contribution in [3.8, 4) is 0 Å². The fraction of sp³-hybridized carbons (Fsp3) is 0.238. The van der Waals surface area contributed by atoms with E-state index in [1.165, 1.54) is 18.4 Å². The van der Waals surface area contributed by atoms with Crippen LogP contribution >= 0.6 is 11.8 Å². The number of carbonyl (C=O) groups is 2.